The molecule has 5 nitrogen and oxygen atoms in total. The fourth-order valence-electron chi connectivity index (χ4n) is 2.59. The third-order valence-corrected chi connectivity index (χ3v) is 3.85. The van der Waals surface area contributed by atoms with Gasteiger partial charge in [0.05, 0.1) is 24.9 Å². The zero-order valence-corrected chi connectivity index (χ0v) is 14.0. The Hall–Kier alpha value is -3.15. The number of hydrogen-bond acceptors (Lipinski definition) is 3. The Morgan fingerprint density at radius 3 is 2.64 bits per heavy atom. The van der Waals surface area contributed by atoms with Crippen LogP contribution < -0.4 is 10.1 Å². The number of nitrogens with one attached hydrogen (secondary N) is 2. The second-order valence-corrected chi connectivity index (χ2v) is 5.62. The van der Waals surface area contributed by atoms with Crippen molar-refractivity contribution < 1.29 is 13.9 Å². The van der Waals surface area contributed by atoms with Crippen LogP contribution in [0.15, 0.2) is 48.5 Å². The molecule has 0 aliphatic rings. The number of methoxy groups -OCH3 is 1. The van der Waals surface area contributed by atoms with Crippen molar-refractivity contribution in [1.82, 2.24) is 10.2 Å². The number of nitrogens with zero attached hydrogens (tertiary/aromatic N) is 1. The molecular formula is C19H18FN3O2. The Morgan fingerprint density at radius 2 is 1.92 bits per heavy atom. The predicted octanol–water partition coefficient (Wildman–Crippen LogP) is 3.71. The molecule has 0 saturated heterocycles. The van der Waals surface area contributed by atoms with Crippen LogP contribution in [0, 0.1) is 12.7 Å². The van der Waals surface area contributed by atoms with Crippen LogP contribution in [-0.2, 0) is 11.2 Å². The summed E-state index contributed by atoms with van der Waals surface area (Å²) in [5.41, 5.74) is 3.48. The van der Waals surface area contributed by atoms with E-state index in [4.69, 9.17) is 4.74 Å². The summed E-state index contributed by atoms with van der Waals surface area (Å²) in [6.45, 7) is 1.83. The van der Waals surface area contributed by atoms with Crippen molar-refractivity contribution in [3.8, 4) is 17.0 Å². The minimum absolute atomic E-state index is 0.149. The summed E-state index contributed by atoms with van der Waals surface area (Å²) in [5, 5.41) is 10.1. The van der Waals surface area contributed by atoms with E-state index in [-0.39, 0.29) is 18.1 Å². The van der Waals surface area contributed by atoms with E-state index in [0.29, 0.717) is 17.1 Å². The van der Waals surface area contributed by atoms with Crippen molar-refractivity contribution in [2.75, 3.05) is 12.4 Å². The minimum atomic E-state index is -0.326. The molecular weight excluding hydrogens is 321 g/mol. The molecule has 25 heavy (non-hydrogen) atoms. The second-order valence-electron chi connectivity index (χ2n) is 5.62. The quantitative estimate of drug-likeness (QED) is 0.744. The molecule has 0 atom stereocenters. The van der Waals surface area contributed by atoms with Crippen molar-refractivity contribution >= 4 is 11.6 Å². The van der Waals surface area contributed by atoms with Crippen LogP contribution in [0.4, 0.5) is 10.1 Å². The molecule has 2 N–H and O–H groups in total. The van der Waals surface area contributed by atoms with Gasteiger partial charge >= 0.3 is 0 Å². The van der Waals surface area contributed by atoms with Gasteiger partial charge in [0.15, 0.2) is 0 Å². The molecule has 0 radical (unpaired) electrons. The van der Waals surface area contributed by atoms with E-state index in [2.05, 4.69) is 15.5 Å². The maximum atomic E-state index is 13.0. The van der Waals surface area contributed by atoms with Crippen molar-refractivity contribution in [3.05, 3.63) is 65.6 Å². The molecule has 0 unspecified atom stereocenters. The Bertz CT molecular complexity index is 888. The SMILES string of the molecule is COc1ccccc1-c1n[nH]c(C)c1NC(=O)Cc1ccc(F)cc1. The molecule has 3 rings (SSSR count). The first-order chi connectivity index (χ1) is 12.1. The van der Waals surface area contributed by atoms with Crippen LogP contribution in [0.25, 0.3) is 11.3 Å². The summed E-state index contributed by atoms with van der Waals surface area (Å²) in [6.07, 6.45) is 0.149. The van der Waals surface area contributed by atoms with Crippen LogP contribution in [0.2, 0.25) is 0 Å². The number of ether oxygens (including phenoxy) is 1. The number of amides is 1. The molecule has 6 heteroatoms. The maximum Gasteiger partial charge on any atom is 0.228 e. The van der Waals surface area contributed by atoms with Crippen LogP contribution in [-0.4, -0.2) is 23.2 Å². The fraction of sp³-hybridized carbons (Fsp3) is 0.158. The molecule has 0 aliphatic carbocycles. The summed E-state index contributed by atoms with van der Waals surface area (Å²) in [5.74, 6) is 0.142. The van der Waals surface area contributed by atoms with E-state index in [0.717, 1.165) is 16.8 Å². The summed E-state index contributed by atoms with van der Waals surface area (Å²) >= 11 is 0. The maximum absolute atomic E-state index is 13.0. The topological polar surface area (TPSA) is 67.0 Å². The molecule has 1 heterocycles. The first-order valence-electron chi connectivity index (χ1n) is 7.81. The number of carbonyl (C=O) groups is 1. The first kappa shape index (κ1) is 16.7. The zero-order chi connectivity index (χ0) is 17.8. The fourth-order valence-corrected chi connectivity index (χ4v) is 2.59. The van der Waals surface area contributed by atoms with E-state index in [1.807, 2.05) is 31.2 Å². The molecule has 1 aromatic heterocycles. The van der Waals surface area contributed by atoms with Crippen molar-refractivity contribution in [2.24, 2.45) is 0 Å². The van der Waals surface area contributed by atoms with E-state index in [1.165, 1.54) is 12.1 Å². The molecule has 3 aromatic rings. The zero-order valence-electron chi connectivity index (χ0n) is 14.0. The highest BCUT2D eigenvalue weighted by Gasteiger charge is 2.18. The predicted molar refractivity (Wildman–Crippen MR) is 94.0 cm³/mol. The van der Waals surface area contributed by atoms with Crippen LogP contribution in [0.3, 0.4) is 0 Å². The van der Waals surface area contributed by atoms with E-state index in [1.54, 1.807) is 19.2 Å². The third-order valence-electron chi connectivity index (χ3n) is 3.85. The molecule has 2 aromatic carbocycles. The second kappa shape index (κ2) is 7.17. The number of aromatic amines is 1. The third kappa shape index (κ3) is 3.68. The molecule has 0 bridgehead atoms. The lowest BCUT2D eigenvalue weighted by Gasteiger charge is -2.10. The number of carbonyl (C=O) groups excluding carboxylic acids is 1. The normalized spacial score (nSPS) is 10.5. The minimum Gasteiger partial charge on any atom is -0.496 e. The van der Waals surface area contributed by atoms with Gasteiger partial charge in [0.2, 0.25) is 5.91 Å². The standard InChI is InChI=1S/C19H18FN3O2/c1-12-18(21-17(24)11-13-7-9-14(20)10-8-13)19(23-22-12)15-5-3-4-6-16(15)25-2/h3-10H,11H2,1-2H3,(H,21,24)(H,22,23). The van der Waals surface area contributed by atoms with Crippen LogP contribution in [0.5, 0.6) is 5.75 Å². The van der Waals surface area contributed by atoms with E-state index >= 15 is 0 Å². The summed E-state index contributed by atoms with van der Waals surface area (Å²) in [6, 6.07) is 13.3. The number of rotatable bonds is 5. The molecule has 128 valence electrons. The highest BCUT2D eigenvalue weighted by atomic mass is 19.1. The first-order valence-corrected chi connectivity index (χ1v) is 7.81. The number of aryl methyl sites for hydroxylation is 1. The number of benzene rings is 2. The average Bonchev–Trinajstić information content (AvgIpc) is 2.97. The highest BCUT2D eigenvalue weighted by molar-refractivity contribution is 5.97. The number of H-pyrrole nitrogens is 1. The highest BCUT2D eigenvalue weighted by Crippen LogP contribution is 2.34. The lowest BCUT2D eigenvalue weighted by atomic mass is 10.1. The largest absolute Gasteiger partial charge is 0.496 e. The van der Waals surface area contributed by atoms with Crippen molar-refractivity contribution in [3.63, 3.8) is 0 Å². The van der Waals surface area contributed by atoms with Gasteiger partial charge in [-0.2, -0.15) is 5.10 Å². The Labute approximate surface area is 144 Å². The van der Waals surface area contributed by atoms with Gasteiger partial charge in [-0.15, -0.1) is 0 Å². The Kier molecular flexibility index (Phi) is 4.79. The molecule has 0 aliphatic heterocycles. The lowest BCUT2D eigenvalue weighted by molar-refractivity contribution is -0.115. The van der Waals surface area contributed by atoms with E-state index < -0.39 is 0 Å². The lowest BCUT2D eigenvalue weighted by Crippen LogP contribution is -2.15. The van der Waals surface area contributed by atoms with Crippen LogP contribution >= 0.6 is 0 Å². The number of anilines is 1. The molecule has 1 amide bonds. The van der Waals surface area contributed by atoms with Gasteiger partial charge in [-0.25, -0.2) is 4.39 Å². The monoisotopic (exact) mass is 339 g/mol. The van der Waals surface area contributed by atoms with E-state index in [9.17, 15) is 9.18 Å². The number of hydrogen-bond donors (Lipinski definition) is 2. The van der Waals surface area contributed by atoms with Crippen molar-refractivity contribution in [1.29, 1.82) is 0 Å². The summed E-state index contributed by atoms with van der Waals surface area (Å²) < 4.78 is 18.3. The number of para-hydroxylation sites is 1. The van der Waals surface area contributed by atoms with Crippen molar-refractivity contribution in [2.45, 2.75) is 13.3 Å². The van der Waals surface area contributed by atoms with Gasteiger partial charge in [0.25, 0.3) is 0 Å². The summed E-state index contributed by atoms with van der Waals surface area (Å²) in [7, 11) is 1.59. The number of aromatic nitrogens is 2. The average molecular weight is 339 g/mol. The van der Waals surface area contributed by atoms with Gasteiger partial charge in [0, 0.05) is 5.56 Å². The van der Waals surface area contributed by atoms with Crippen LogP contribution in [0.1, 0.15) is 11.3 Å². The molecule has 0 spiro atoms. The van der Waals surface area contributed by atoms with Gasteiger partial charge in [-0.05, 0) is 36.8 Å². The Morgan fingerprint density at radius 1 is 1.20 bits per heavy atom. The summed E-state index contributed by atoms with van der Waals surface area (Å²) in [4.78, 5) is 12.4. The Balaban J connectivity index is 1.84. The smallest absolute Gasteiger partial charge is 0.228 e. The molecule has 0 saturated carbocycles. The van der Waals surface area contributed by atoms with Gasteiger partial charge < -0.3 is 10.1 Å². The van der Waals surface area contributed by atoms with Gasteiger partial charge in [-0.3, -0.25) is 9.89 Å². The van der Waals surface area contributed by atoms with Gasteiger partial charge in [0.1, 0.15) is 17.3 Å². The number of halogens is 1. The van der Waals surface area contributed by atoms with Gasteiger partial charge in [-0.1, -0.05) is 24.3 Å². The molecule has 0 fully saturated rings.